The van der Waals surface area contributed by atoms with Gasteiger partial charge < -0.3 is 15.3 Å². The quantitative estimate of drug-likeness (QED) is 0.728. The van der Waals surface area contributed by atoms with Gasteiger partial charge in [-0.3, -0.25) is 4.79 Å². The van der Waals surface area contributed by atoms with Crippen LogP contribution in [-0.4, -0.2) is 41.6 Å². The van der Waals surface area contributed by atoms with E-state index in [1.165, 1.54) is 6.42 Å². The Morgan fingerprint density at radius 1 is 1.21 bits per heavy atom. The number of carboxylic acids is 1. The van der Waals surface area contributed by atoms with Crippen molar-refractivity contribution in [1.29, 1.82) is 0 Å². The van der Waals surface area contributed by atoms with Crippen LogP contribution in [0.1, 0.15) is 51.9 Å². The molecule has 0 aromatic carbocycles. The number of aliphatic carboxylic acids is 1. The van der Waals surface area contributed by atoms with Crippen molar-refractivity contribution in [3.8, 4) is 0 Å². The molecule has 0 aliphatic carbocycles. The fraction of sp³-hybridized carbons (Fsp3) is 0.857. The highest BCUT2D eigenvalue weighted by Crippen LogP contribution is 2.16. The van der Waals surface area contributed by atoms with E-state index in [0.29, 0.717) is 18.9 Å². The van der Waals surface area contributed by atoms with Crippen LogP contribution in [0.3, 0.4) is 0 Å². The summed E-state index contributed by atoms with van der Waals surface area (Å²) in [5.74, 6) is -0.0310. The molecule has 0 aromatic heterocycles. The van der Waals surface area contributed by atoms with E-state index in [1.807, 2.05) is 4.90 Å². The summed E-state index contributed by atoms with van der Waals surface area (Å²) in [6.45, 7) is 4.59. The fourth-order valence-corrected chi connectivity index (χ4v) is 2.35. The van der Waals surface area contributed by atoms with Crippen LogP contribution in [0.25, 0.3) is 0 Å². The minimum atomic E-state index is -0.747. The largest absolute Gasteiger partial charge is 0.481 e. The zero-order chi connectivity index (χ0) is 14.1. The number of carbonyl (C=O) groups is 2. The average molecular weight is 270 g/mol. The second-order valence-electron chi connectivity index (χ2n) is 5.46. The van der Waals surface area contributed by atoms with Crippen LogP contribution in [0, 0.1) is 5.92 Å². The van der Waals surface area contributed by atoms with Crippen LogP contribution in [0.2, 0.25) is 0 Å². The van der Waals surface area contributed by atoms with Crippen molar-refractivity contribution in [2.75, 3.05) is 19.6 Å². The first-order valence-corrected chi connectivity index (χ1v) is 7.34. The van der Waals surface area contributed by atoms with Crippen LogP contribution in [0.4, 0.5) is 4.79 Å². The Morgan fingerprint density at radius 2 is 2.00 bits per heavy atom. The Labute approximate surface area is 115 Å². The van der Waals surface area contributed by atoms with Gasteiger partial charge in [0, 0.05) is 26.1 Å². The minimum absolute atomic E-state index is 0.0346. The highest BCUT2D eigenvalue weighted by molar-refractivity contribution is 5.74. The lowest BCUT2D eigenvalue weighted by molar-refractivity contribution is -0.137. The number of hydrogen-bond acceptors (Lipinski definition) is 2. The second-order valence-corrected chi connectivity index (χ2v) is 5.46. The number of amides is 2. The standard InChI is InChI=1S/C14H26N2O3/c1-12-6-5-10-16(11-8-12)14(19)15-9-4-2-3-7-13(17)18/h12H,2-11H2,1H3,(H,15,19)(H,17,18). The summed E-state index contributed by atoms with van der Waals surface area (Å²) in [5, 5.41) is 11.4. The number of nitrogens with one attached hydrogen (secondary N) is 1. The van der Waals surface area contributed by atoms with Crippen molar-refractivity contribution in [2.24, 2.45) is 5.92 Å². The molecular formula is C14H26N2O3. The number of rotatable bonds is 6. The van der Waals surface area contributed by atoms with Gasteiger partial charge in [0.25, 0.3) is 0 Å². The molecule has 0 spiro atoms. The van der Waals surface area contributed by atoms with Crippen molar-refractivity contribution in [2.45, 2.75) is 51.9 Å². The van der Waals surface area contributed by atoms with Crippen molar-refractivity contribution >= 4 is 12.0 Å². The molecule has 2 amide bonds. The summed E-state index contributed by atoms with van der Waals surface area (Å²) < 4.78 is 0. The second kappa shape index (κ2) is 8.77. The van der Waals surface area contributed by atoms with Crippen LogP contribution >= 0.6 is 0 Å². The third kappa shape index (κ3) is 7.03. The van der Waals surface area contributed by atoms with Crippen LogP contribution in [0.15, 0.2) is 0 Å². The molecule has 19 heavy (non-hydrogen) atoms. The maximum Gasteiger partial charge on any atom is 0.317 e. The molecular weight excluding hydrogens is 244 g/mol. The Kier molecular flexibility index (Phi) is 7.30. The van der Waals surface area contributed by atoms with E-state index in [2.05, 4.69) is 12.2 Å². The van der Waals surface area contributed by atoms with Crippen molar-refractivity contribution in [3.05, 3.63) is 0 Å². The molecule has 1 rings (SSSR count). The lowest BCUT2D eigenvalue weighted by atomic mass is 10.0. The first kappa shape index (κ1) is 15.8. The molecule has 0 bridgehead atoms. The van der Waals surface area contributed by atoms with E-state index in [1.54, 1.807) is 0 Å². The summed E-state index contributed by atoms with van der Waals surface area (Å²) in [5.41, 5.74) is 0. The number of urea groups is 1. The van der Waals surface area contributed by atoms with Gasteiger partial charge in [-0.15, -0.1) is 0 Å². The summed E-state index contributed by atoms with van der Waals surface area (Å²) in [6.07, 6.45) is 6.00. The number of carbonyl (C=O) groups excluding carboxylic acids is 1. The molecule has 2 N–H and O–H groups in total. The molecule has 1 aliphatic rings. The molecule has 110 valence electrons. The number of likely N-dealkylation sites (tertiary alicyclic amines) is 1. The predicted molar refractivity (Wildman–Crippen MR) is 74.1 cm³/mol. The highest BCUT2D eigenvalue weighted by Gasteiger charge is 2.17. The van der Waals surface area contributed by atoms with E-state index in [4.69, 9.17) is 5.11 Å². The Hall–Kier alpha value is -1.26. The van der Waals surface area contributed by atoms with Gasteiger partial charge in [0.05, 0.1) is 0 Å². The van der Waals surface area contributed by atoms with Crippen LogP contribution in [0.5, 0.6) is 0 Å². The smallest absolute Gasteiger partial charge is 0.317 e. The molecule has 1 unspecified atom stereocenters. The van der Waals surface area contributed by atoms with Crippen LogP contribution < -0.4 is 5.32 Å². The zero-order valence-corrected chi connectivity index (χ0v) is 11.9. The summed E-state index contributed by atoms with van der Waals surface area (Å²) in [7, 11) is 0. The molecule has 0 aromatic rings. The van der Waals surface area contributed by atoms with Crippen molar-refractivity contribution < 1.29 is 14.7 Å². The van der Waals surface area contributed by atoms with Gasteiger partial charge in [0.1, 0.15) is 0 Å². The highest BCUT2D eigenvalue weighted by atomic mass is 16.4. The number of nitrogens with zero attached hydrogens (tertiary/aromatic N) is 1. The average Bonchev–Trinajstić information content (AvgIpc) is 2.58. The summed E-state index contributed by atoms with van der Waals surface area (Å²) in [4.78, 5) is 24.2. The normalized spacial score (nSPS) is 19.8. The minimum Gasteiger partial charge on any atom is -0.481 e. The molecule has 5 nitrogen and oxygen atoms in total. The molecule has 0 radical (unpaired) electrons. The van der Waals surface area contributed by atoms with Gasteiger partial charge in [-0.25, -0.2) is 4.79 Å². The third-order valence-corrected chi connectivity index (χ3v) is 3.65. The monoisotopic (exact) mass is 270 g/mol. The van der Waals surface area contributed by atoms with Gasteiger partial charge >= 0.3 is 12.0 Å². The molecule has 1 atom stereocenters. The maximum atomic E-state index is 11.9. The summed E-state index contributed by atoms with van der Waals surface area (Å²) in [6, 6.07) is 0.0346. The van der Waals surface area contributed by atoms with Gasteiger partial charge in [0.2, 0.25) is 0 Å². The Balaban J connectivity index is 2.08. The Morgan fingerprint density at radius 3 is 2.74 bits per heavy atom. The SMILES string of the molecule is CC1CCCN(C(=O)NCCCCCC(=O)O)CC1. The number of carboxylic acid groups (broad SMARTS) is 1. The topological polar surface area (TPSA) is 69.6 Å². The molecule has 1 aliphatic heterocycles. The van der Waals surface area contributed by atoms with Gasteiger partial charge in [-0.05, 0) is 38.0 Å². The van der Waals surface area contributed by atoms with Gasteiger partial charge in [-0.2, -0.15) is 0 Å². The van der Waals surface area contributed by atoms with E-state index in [-0.39, 0.29) is 12.5 Å². The predicted octanol–water partition coefficient (Wildman–Crippen LogP) is 2.46. The fourth-order valence-electron chi connectivity index (χ4n) is 2.35. The van der Waals surface area contributed by atoms with Crippen molar-refractivity contribution in [1.82, 2.24) is 10.2 Å². The molecule has 1 fully saturated rings. The number of hydrogen-bond donors (Lipinski definition) is 2. The van der Waals surface area contributed by atoms with E-state index >= 15 is 0 Å². The number of unbranched alkanes of at least 4 members (excludes halogenated alkanes) is 2. The first-order chi connectivity index (χ1) is 9.09. The van der Waals surface area contributed by atoms with E-state index in [0.717, 1.165) is 38.8 Å². The molecule has 1 saturated heterocycles. The van der Waals surface area contributed by atoms with Gasteiger partial charge in [-0.1, -0.05) is 13.3 Å². The van der Waals surface area contributed by atoms with Crippen molar-refractivity contribution in [3.63, 3.8) is 0 Å². The van der Waals surface area contributed by atoms with Gasteiger partial charge in [0.15, 0.2) is 0 Å². The lowest BCUT2D eigenvalue weighted by Crippen LogP contribution is -2.40. The molecule has 0 saturated carbocycles. The lowest BCUT2D eigenvalue weighted by Gasteiger charge is -2.20. The zero-order valence-electron chi connectivity index (χ0n) is 11.9. The Bertz CT molecular complexity index is 294. The first-order valence-electron chi connectivity index (χ1n) is 7.34. The third-order valence-electron chi connectivity index (χ3n) is 3.65. The van der Waals surface area contributed by atoms with E-state index in [9.17, 15) is 9.59 Å². The maximum absolute atomic E-state index is 11.9. The summed E-state index contributed by atoms with van der Waals surface area (Å²) >= 11 is 0. The molecule has 1 heterocycles. The molecule has 5 heteroatoms. The van der Waals surface area contributed by atoms with E-state index < -0.39 is 5.97 Å². The van der Waals surface area contributed by atoms with Crippen LogP contribution in [-0.2, 0) is 4.79 Å².